The fourth-order valence-electron chi connectivity index (χ4n) is 2.67. The molecule has 0 spiro atoms. The highest BCUT2D eigenvalue weighted by atomic mass is 35.5. The molecular weight excluding hydrogens is 303 g/mol. The van der Waals surface area contributed by atoms with Gasteiger partial charge in [0.2, 0.25) is 0 Å². The number of rotatable bonds is 3. The van der Waals surface area contributed by atoms with Crippen LogP contribution in [0.5, 0.6) is 0 Å². The number of nitrogens with one attached hydrogen (secondary N) is 1. The van der Waals surface area contributed by atoms with Crippen molar-refractivity contribution < 1.29 is 0 Å². The maximum atomic E-state index is 8.94. The van der Waals surface area contributed by atoms with Crippen LogP contribution in [0.1, 0.15) is 29.9 Å². The Labute approximate surface area is 134 Å². The van der Waals surface area contributed by atoms with E-state index in [0.29, 0.717) is 22.5 Å². The zero-order valence-electron chi connectivity index (χ0n) is 11.3. The molecule has 1 aliphatic rings. The third kappa shape index (κ3) is 3.15. The molecule has 1 saturated carbocycles. The van der Waals surface area contributed by atoms with E-state index in [4.69, 9.17) is 28.5 Å². The van der Waals surface area contributed by atoms with Crippen LogP contribution in [0.4, 0.5) is 5.69 Å². The Morgan fingerprint density at radius 3 is 2.43 bits per heavy atom. The highest BCUT2D eigenvalue weighted by Gasteiger charge is 2.30. The van der Waals surface area contributed by atoms with Gasteiger partial charge in [0.1, 0.15) is 0 Å². The van der Waals surface area contributed by atoms with Crippen LogP contribution in [-0.2, 0) is 0 Å². The Morgan fingerprint density at radius 1 is 1.05 bits per heavy atom. The maximum Gasteiger partial charge on any atom is 0.0992 e. The molecule has 0 saturated heterocycles. The highest BCUT2D eigenvalue weighted by molar-refractivity contribution is 6.33. The van der Waals surface area contributed by atoms with Gasteiger partial charge in [-0.15, -0.1) is 0 Å². The Morgan fingerprint density at radius 2 is 1.76 bits per heavy atom. The lowest BCUT2D eigenvalue weighted by Crippen LogP contribution is -2.34. The van der Waals surface area contributed by atoms with Gasteiger partial charge in [0.15, 0.2) is 0 Å². The Bertz CT molecular complexity index is 683. The summed E-state index contributed by atoms with van der Waals surface area (Å²) in [5.41, 5.74) is 2.79. The topological polar surface area (TPSA) is 35.8 Å². The minimum absolute atomic E-state index is 0.400. The van der Waals surface area contributed by atoms with Gasteiger partial charge in [0, 0.05) is 11.1 Å². The van der Waals surface area contributed by atoms with Crippen molar-refractivity contribution in [2.24, 2.45) is 0 Å². The van der Waals surface area contributed by atoms with Crippen LogP contribution >= 0.6 is 23.2 Å². The molecule has 4 heteroatoms. The first-order chi connectivity index (χ1) is 10.2. The van der Waals surface area contributed by atoms with Gasteiger partial charge in [-0.3, -0.25) is 0 Å². The van der Waals surface area contributed by atoms with Crippen molar-refractivity contribution in [1.29, 1.82) is 5.26 Å². The second-order valence-electron chi connectivity index (χ2n) is 5.37. The van der Waals surface area contributed by atoms with Crippen molar-refractivity contribution in [2.75, 3.05) is 5.32 Å². The molecule has 1 N–H and O–H groups in total. The molecule has 0 radical (unpaired) electrons. The summed E-state index contributed by atoms with van der Waals surface area (Å²) >= 11 is 12.1. The summed E-state index contributed by atoms with van der Waals surface area (Å²) in [5.74, 6) is 0.567. The fraction of sp³-hybridized carbons (Fsp3) is 0.235. The number of hydrogen-bond acceptors (Lipinski definition) is 2. The molecule has 0 amide bonds. The van der Waals surface area contributed by atoms with Crippen molar-refractivity contribution in [3.8, 4) is 6.07 Å². The molecule has 0 bridgehead atoms. The summed E-state index contributed by atoms with van der Waals surface area (Å²) in [6.45, 7) is 0. The average molecular weight is 317 g/mol. The lowest BCUT2D eigenvalue weighted by Gasteiger charge is -2.37. The second-order valence-corrected chi connectivity index (χ2v) is 6.21. The first kappa shape index (κ1) is 14.3. The van der Waals surface area contributed by atoms with Crippen LogP contribution in [0.15, 0.2) is 42.5 Å². The van der Waals surface area contributed by atoms with E-state index in [1.54, 1.807) is 18.2 Å². The normalized spacial score (nSPS) is 20.4. The molecule has 0 aromatic heterocycles. The number of nitriles is 1. The lowest BCUT2D eigenvalue weighted by atomic mass is 9.76. The number of hydrogen-bond donors (Lipinski definition) is 1. The Hall–Kier alpha value is -1.69. The summed E-state index contributed by atoms with van der Waals surface area (Å²) < 4.78 is 0. The molecule has 0 aliphatic heterocycles. The van der Waals surface area contributed by atoms with Crippen LogP contribution in [0, 0.1) is 11.3 Å². The Balaban J connectivity index is 1.62. The van der Waals surface area contributed by atoms with Gasteiger partial charge in [-0.05, 0) is 54.7 Å². The molecule has 0 unspecified atom stereocenters. The quantitative estimate of drug-likeness (QED) is 0.842. The zero-order chi connectivity index (χ0) is 14.8. The zero-order valence-corrected chi connectivity index (χ0v) is 12.8. The van der Waals surface area contributed by atoms with Crippen LogP contribution < -0.4 is 5.32 Å². The number of benzene rings is 2. The maximum absolute atomic E-state index is 8.94. The van der Waals surface area contributed by atoms with E-state index in [0.717, 1.165) is 23.6 Å². The van der Waals surface area contributed by atoms with Gasteiger partial charge < -0.3 is 5.32 Å². The monoisotopic (exact) mass is 316 g/mol. The van der Waals surface area contributed by atoms with Crippen molar-refractivity contribution in [1.82, 2.24) is 0 Å². The molecule has 0 heterocycles. The van der Waals surface area contributed by atoms with Gasteiger partial charge >= 0.3 is 0 Å². The standard InChI is InChI=1S/C17H14Cl2N2/c18-14-4-2-12(3-5-14)13-8-15(9-13)21-17-7-11(10-20)1-6-16(17)19/h1-7,13,15,21H,8-9H2. The molecule has 2 aromatic carbocycles. The van der Waals surface area contributed by atoms with Crippen molar-refractivity contribution in [2.45, 2.75) is 24.8 Å². The van der Waals surface area contributed by atoms with Crippen LogP contribution in [0.3, 0.4) is 0 Å². The molecule has 2 aromatic rings. The Kier molecular flexibility index (Phi) is 4.05. The lowest BCUT2D eigenvalue weighted by molar-refractivity contribution is 0.374. The number of anilines is 1. The third-order valence-corrected chi connectivity index (χ3v) is 4.52. The minimum atomic E-state index is 0.400. The molecule has 2 nitrogen and oxygen atoms in total. The van der Waals surface area contributed by atoms with Gasteiger partial charge in [-0.2, -0.15) is 5.26 Å². The molecule has 1 aliphatic carbocycles. The summed E-state index contributed by atoms with van der Waals surface area (Å²) in [7, 11) is 0. The highest BCUT2D eigenvalue weighted by Crippen LogP contribution is 2.39. The molecular formula is C17H14Cl2N2. The van der Waals surface area contributed by atoms with Crippen LogP contribution in [0.2, 0.25) is 10.0 Å². The summed E-state index contributed by atoms with van der Waals surface area (Å²) in [6, 6.07) is 15.9. The van der Waals surface area contributed by atoms with E-state index in [1.165, 1.54) is 5.56 Å². The van der Waals surface area contributed by atoms with Crippen LogP contribution in [0.25, 0.3) is 0 Å². The first-order valence-corrected chi connectivity index (χ1v) is 7.63. The minimum Gasteiger partial charge on any atom is -0.381 e. The average Bonchev–Trinajstić information content (AvgIpc) is 2.45. The second kappa shape index (κ2) is 5.97. The molecule has 1 fully saturated rings. The third-order valence-electron chi connectivity index (χ3n) is 3.93. The van der Waals surface area contributed by atoms with Gasteiger partial charge in [-0.25, -0.2) is 0 Å². The fourth-order valence-corrected chi connectivity index (χ4v) is 2.97. The smallest absolute Gasteiger partial charge is 0.0992 e. The molecule has 0 atom stereocenters. The summed E-state index contributed by atoms with van der Waals surface area (Å²) in [4.78, 5) is 0. The van der Waals surface area contributed by atoms with E-state index in [9.17, 15) is 0 Å². The summed E-state index contributed by atoms with van der Waals surface area (Å²) in [6.07, 6.45) is 2.13. The largest absolute Gasteiger partial charge is 0.381 e. The summed E-state index contributed by atoms with van der Waals surface area (Å²) in [5, 5.41) is 13.8. The van der Waals surface area contributed by atoms with Crippen molar-refractivity contribution >= 4 is 28.9 Å². The van der Waals surface area contributed by atoms with Crippen LogP contribution in [-0.4, -0.2) is 6.04 Å². The van der Waals surface area contributed by atoms with Crippen molar-refractivity contribution in [3.63, 3.8) is 0 Å². The molecule has 3 rings (SSSR count). The van der Waals surface area contributed by atoms with E-state index >= 15 is 0 Å². The van der Waals surface area contributed by atoms with Gasteiger partial charge in [0.05, 0.1) is 22.3 Å². The van der Waals surface area contributed by atoms with E-state index in [-0.39, 0.29) is 0 Å². The first-order valence-electron chi connectivity index (χ1n) is 6.87. The molecule has 106 valence electrons. The van der Waals surface area contributed by atoms with E-state index in [2.05, 4.69) is 23.5 Å². The SMILES string of the molecule is N#Cc1ccc(Cl)c(NC2CC(c3ccc(Cl)cc3)C2)c1. The van der Waals surface area contributed by atoms with Gasteiger partial charge in [0.25, 0.3) is 0 Å². The predicted molar refractivity (Wildman–Crippen MR) is 87.0 cm³/mol. The molecule has 21 heavy (non-hydrogen) atoms. The van der Waals surface area contributed by atoms with E-state index in [1.807, 2.05) is 12.1 Å². The van der Waals surface area contributed by atoms with E-state index < -0.39 is 0 Å². The predicted octanol–water partition coefficient (Wildman–Crippen LogP) is 5.22. The number of halogens is 2. The number of nitrogens with zero attached hydrogens (tertiary/aromatic N) is 1. The van der Waals surface area contributed by atoms with Crippen molar-refractivity contribution in [3.05, 3.63) is 63.6 Å². The van der Waals surface area contributed by atoms with Gasteiger partial charge in [-0.1, -0.05) is 35.3 Å².